The number of rotatable bonds is 0. The second kappa shape index (κ2) is 6.24. The third kappa shape index (κ3) is 2.52. The van der Waals surface area contributed by atoms with Gasteiger partial charge in [0.05, 0.1) is 0 Å². The summed E-state index contributed by atoms with van der Waals surface area (Å²) in [5.74, 6) is 3.29. The minimum Gasteiger partial charge on any atom is -0.358 e. The van der Waals surface area contributed by atoms with Crippen LogP contribution in [0.4, 0.5) is 0 Å². The predicted octanol–water partition coefficient (Wildman–Crippen LogP) is 5.01. The van der Waals surface area contributed by atoms with Gasteiger partial charge in [-0.05, 0) is 96.8 Å². The Labute approximate surface area is 180 Å². The highest BCUT2D eigenvalue weighted by atomic mass is 16.1. The summed E-state index contributed by atoms with van der Waals surface area (Å²) in [6.07, 6.45) is 17.0. The zero-order valence-corrected chi connectivity index (χ0v) is 19.2. The normalized spacial score (nSPS) is 39.5. The van der Waals surface area contributed by atoms with E-state index in [2.05, 4.69) is 50.9 Å². The second-order valence-corrected chi connectivity index (χ2v) is 12.3. The number of hydrogen-bond donors (Lipinski definition) is 1. The highest BCUT2D eigenvalue weighted by Crippen LogP contribution is 2.65. The predicted molar refractivity (Wildman–Crippen MR) is 122 cm³/mol. The molecule has 5 aliphatic rings. The smallest absolute Gasteiger partial charge is 0.159 e. The van der Waals surface area contributed by atoms with E-state index in [9.17, 15) is 4.79 Å². The van der Waals surface area contributed by atoms with Crippen LogP contribution in [0.15, 0.2) is 11.6 Å². The van der Waals surface area contributed by atoms with Crippen molar-refractivity contribution < 1.29 is 4.79 Å². The number of carbonyl (C=O) groups is 1. The SMILES string of the molecule is CC(C)(C)C1CC2CCC3(C)C(CCC4Cc5c([nH]c6c5=CCCC=6)C43)C2=CC1=O. The number of aromatic amines is 1. The van der Waals surface area contributed by atoms with Crippen LogP contribution in [0.2, 0.25) is 0 Å². The highest BCUT2D eigenvalue weighted by molar-refractivity contribution is 5.94. The largest absolute Gasteiger partial charge is 0.358 e. The molecular weight excluding hydrogens is 366 g/mol. The summed E-state index contributed by atoms with van der Waals surface area (Å²) in [5.41, 5.74) is 5.13. The number of nitrogens with one attached hydrogen (secondary N) is 1. The molecule has 0 saturated heterocycles. The summed E-state index contributed by atoms with van der Waals surface area (Å²) >= 11 is 0. The molecule has 30 heavy (non-hydrogen) atoms. The molecule has 1 aromatic heterocycles. The molecule has 1 N–H and O–H groups in total. The van der Waals surface area contributed by atoms with E-state index in [1.165, 1.54) is 61.1 Å². The maximum Gasteiger partial charge on any atom is 0.159 e. The van der Waals surface area contributed by atoms with E-state index in [4.69, 9.17) is 0 Å². The van der Waals surface area contributed by atoms with Crippen molar-refractivity contribution in [1.29, 1.82) is 0 Å². The second-order valence-electron chi connectivity index (χ2n) is 12.3. The van der Waals surface area contributed by atoms with Crippen LogP contribution in [0.1, 0.15) is 89.8 Å². The molecule has 1 aromatic rings. The molecule has 1 heterocycles. The van der Waals surface area contributed by atoms with Gasteiger partial charge in [-0.3, -0.25) is 4.79 Å². The first kappa shape index (κ1) is 19.1. The van der Waals surface area contributed by atoms with E-state index in [0.29, 0.717) is 29.0 Å². The average Bonchev–Trinajstić information content (AvgIpc) is 3.22. The summed E-state index contributed by atoms with van der Waals surface area (Å²) in [5, 5.41) is 2.92. The number of ketones is 1. The van der Waals surface area contributed by atoms with E-state index < -0.39 is 0 Å². The van der Waals surface area contributed by atoms with Crippen molar-refractivity contribution in [2.45, 2.75) is 85.0 Å². The molecule has 0 aromatic carbocycles. The molecular formula is C28H37NO. The fourth-order valence-corrected chi connectivity index (χ4v) is 8.34. The molecule has 2 fully saturated rings. The van der Waals surface area contributed by atoms with Gasteiger partial charge in [-0.2, -0.15) is 0 Å². The molecule has 0 aliphatic heterocycles. The lowest BCUT2D eigenvalue weighted by Crippen LogP contribution is -2.48. The van der Waals surface area contributed by atoms with Crippen LogP contribution < -0.4 is 10.6 Å². The lowest BCUT2D eigenvalue weighted by atomic mass is 9.48. The molecule has 6 rings (SSSR count). The van der Waals surface area contributed by atoms with E-state index >= 15 is 0 Å². The topological polar surface area (TPSA) is 32.9 Å². The van der Waals surface area contributed by atoms with Crippen LogP contribution in [0.3, 0.4) is 0 Å². The number of H-pyrrole nitrogens is 1. The van der Waals surface area contributed by atoms with Crippen molar-refractivity contribution in [3.8, 4) is 0 Å². The van der Waals surface area contributed by atoms with Crippen molar-refractivity contribution in [3.05, 3.63) is 33.5 Å². The van der Waals surface area contributed by atoms with E-state index in [1.54, 1.807) is 11.3 Å². The van der Waals surface area contributed by atoms with Crippen LogP contribution in [-0.2, 0) is 11.2 Å². The molecule has 2 saturated carbocycles. The summed E-state index contributed by atoms with van der Waals surface area (Å²) in [7, 11) is 0. The molecule has 6 unspecified atom stereocenters. The summed E-state index contributed by atoms with van der Waals surface area (Å²) in [6.45, 7) is 9.31. The Balaban J connectivity index is 1.41. The van der Waals surface area contributed by atoms with Crippen LogP contribution in [0.25, 0.3) is 12.2 Å². The van der Waals surface area contributed by atoms with Gasteiger partial charge in [0.1, 0.15) is 0 Å². The third-order valence-electron chi connectivity index (χ3n) is 9.78. The van der Waals surface area contributed by atoms with Crippen LogP contribution in [-0.4, -0.2) is 10.8 Å². The fourth-order valence-electron chi connectivity index (χ4n) is 8.34. The summed E-state index contributed by atoms with van der Waals surface area (Å²) < 4.78 is 0. The zero-order valence-electron chi connectivity index (χ0n) is 19.2. The number of aromatic nitrogens is 1. The first-order valence-corrected chi connectivity index (χ1v) is 12.4. The molecule has 5 aliphatic carbocycles. The Morgan fingerprint density at radius 2 is 1.90 bits per heavy atom. The van der Waals surface area contributed by atoms with E-state index in [1.807, 2.05) is 0 Å². The molecule has 0 radical (unpaired) electrons. The van der Waals surface area contributed by atoms with E-state index in [0.717, 1.165) is 12.3 Å². The van der Waals surface area contributed by atoms with Gasteiger partial charge in [-0.25, -0.2) is 0 Å². The zero-order chi connectivity index (χ0) is 20.8. The standard InChI is InChI=1S/C28H37NO/c1-27(2,3)22-14-16-11-12-28(4)21(19(16)15-24(22)30)10-9-17-13-20-18-7-5-6-8-23(18)29-26(20)25(17)28/h7-8,15-17,21-22,25,29H,5-6,9-14H2,1-4H3. The minimum absolute atomic E-state index is 0.0776. The number of fused-ring (bicyclic) bond motifs is 9. The molecule has 160 valence electrons. The van der Waals surface area contributed by atoms with Gasteiger partial charge in [0.15, 0.2) is 5.78 Å². The van der Waals surface area contributed by atoms with Crippen molar-refractivity contribution in [2.24, 2.45) is 34.5 Å². The van der Waals surface area contributed by atoms with Gasteiger partial charge in [-0.1, -0.05) is 45.4 Å². The van der Waals surface area contributed by atoms with Gasteiger partial charge in [-0.15, -0.1) is 0 Å². The van der Waals surface area contributed by atoms with Crippen LogP contribution in [0, 0.1) is 34.5 Å². The maximum absolute atomic E-state index is 13.1. The van der Waals surface area contributed by atoms with E-state index in [-0.39, 0.29) is 11.3 Å². The third-order valence-corrected chi connectivity index (χ3v) is 9.78. The van der Waals surface area contributed by atoms with Gasteiger partial charge < -0.3 is 4.98 Å². The van der Waals surface area contributed by atoms with Crippen molar-refractivity contribution in [1.82, 2.24) is 4.98 Å². The molecule has 2 heteroatoms. The highest BCUT2D eigenvalue weighted by Gasteiger charge is 2.57. The van der Waals surface area contributed by atoms with Crippen LogP contribution in [0.5, 0.6) is 0 Å². The fraction of sp³-hybridized carbons (Fsp3) is 0.679. The summed E-state index contributed by atoms with van der Waals surface area (Å²) in [6, 6.07) is 0. The lowest BCUT2D eigenvalue weighted by molar-refractivity contribution is -0.123. The quantitative estimate of drug-likeness (QED) is 0.649. The Morgan fingerprint density at radius 1 is 1.10 bits per heavy atom. The monoisotopic (exact) mass is 403 g/mol. The van der Waals surface area contributed by atoms with Gasteiger partial charge in [0.25, 0.3) is 0 Å². The Morgan fingerprint density at radius 3 is 2.70 bits per heavy atom. The molecule has 0 bridgehead atoms. The van der Waals surface area contributed by atoms with Gasteiger partial charge >= 0.3 is 0 Å². The van der Waals surface area contributed by atoms with Crippen LogP contribution >= 0.6 is 0 Å². The molecule has 6 atom stereocenters. The molecule has 2 nitrogen and oxygen atoms in total. The van der Waals surface area contributed by atoms with Gasteiger partial charge in [0.2, 0.25) is 0 Å². The van der Waals surface area contributed by atoms with Crippen molar-refractivity contribution in [2.75, 3.05) is 0 Å². The maximum atomic E-state index is 13.1. The average molecular weight is 404 g/mol. The number of hydrogen-bond acceptors (Lipinski definition) is 1. The van der Waals surface area contributed by atoms with Crippen molar-refractivity contribution in [3.63, 3.8) is 0 Å². The minimum atomic E-state index is 0.0776. The Kier molecular flexibility index (Phi) is 3.98. The lowest BCUT2D eigenvalue weighted by Gasteiger charge is -2.56. The summed E-state index contributed by atoms with van der Waals surface area (Å²) in [4.78, 5) is 17.0. The molecule has 0 spiro atoms. The van der Waals surface area contributed by atoms with Gasteiger partial charge in [0, 0.05) is 22.9 Å². The van der Waals surface area contributed by atoms with Crippen molar-refractivity contribution >= 4 is 17.9 Å². The number of allylic oxidation sites excluding steroid dienone is 2. The Hall–Kier alpha value is -1.57. The Bertz CT molecular complexity index is 1060. The first-order chi connectivity index (χ1) is 14.3. The number of carbonyl (C=O) groups excluding carboxylic acids is 1. The molecule has 0 amide bonds. The first-order valence-electron chi connectivity index (χ1n) is 12.4.